The van der Waals surface area contributed by atoms with Crippen molar-refractivity contribution in [2.75, 3.05) is 5.32 Å². The van der Waals surface area contributed by atoms with Crippen LogP contribution in [-0.2, 0) is 0 Å². The number of thiocarbonyl (C=S) groups is 1. The molecule has 0 unspecified atom stereocenters. The molecule has 0 radical (unpaired) electrons. The van der Waals surface area contributed by atoms with E-state index in [1.807, 2.05) is 18.2 Å². The van der Waals surface area contributed by atoms with Crippen LogP contribution in [0.15, 0.2) is 40.9 Å². The SMILES string of the molecule is Cc1ccc([C@@H](C)NC(=S)Nc2ccc(Br)c(Cl)c2)c(C)c1. The molecule has 5 heteroatoms. The lowest BCUT2D eigenvalue weighted by molar-refractivity contribution is 0.717. The van der Waals surface area contributed by atoms with Crippen molar-refractivity contribution in [1.82, 2.24) is 5.32 Å². The minimum absolute atomic E-state index is 0.131. The normalized spacial score (nSPS) is 11.9. The van der Waals surface area contributed by atoms with Gasteiger partial charge in [-0.25, -0.2) is 0 Å². The standard InChI is InChI=1S/C17H18BrClN2S/c1-10-4-6-14(11(2)8-10)12(3)20-17(22)21-13-5-7-15(18)16(19)9-13/h4-9,12H,1-3H3,(H2,20,21,22)/t12-/m1/s1. The van der Waals surface area contributed by atoms with Crippen LogP contribution in [0.3, 0.4) is 0 Å². The van der Waals surface area contributed by atoms with Crippen molar-refractivity contribution in [2.24, 2.45) is 0 Å². The Morgan fingerprint density at radius 1 is 1.18 bits per heavy atom. The topological polar surface area (TPSA) is 24.1 Å². The predicted molar refractivity (Wildman–Crippen MR) is 103 cm³/mol. The highest BCUT2D eigenvalue weighted by molar-refractivity contribution is 9.10. The smallest absolute Gasteiger partial charge is 0.171 e. The van der Waals surface area contributed by atoms with Crippen LogP contribution in [-0.4, -0.2) is 5.11 Å². The Morgan fingerprint density at radius 2 is 1.91 bits per heavy atom. The van der Waals surface area contributed by atoms with Crippen LogP contribution >= 0.6 is 39.7 Å². The average Bonchev–Trinajstić information content (AvgIpc) is 2.42. The van der Waals surface area contributed by atoms with Crippen molar-refractivity contribution in [1.29, 1.82) is 0 Å². The van der Waals surface area contributed by atoms with Crippen LogP contribution in [0.2, 0.25) is 5.02 Å². The van der Waals surface area contributed by atoms with Crippen molar-refractivity contribution in [3.05, 3.63) is 62.6 Å². The second-order valence-electron chi connectivity index (χ2n) is 5.31. The van der Waals surface area contributed by atoms with Gasteiger partial charge in [-0.3, -0.25) is 0 Å². The summed E-state index contributed by atoms with van der Waals surface area (Å²) in [5.41, 5.74) is 4.62. The Labute approximate surface area is 150 Å². The maximum atomic E-state index is 6.08. The molecular formula is C17H18BrClN2S. The van der Waals surface area contributed by atoms with Crippen molar-refractivity contribution in [3.63, 3.8) is 0 Å². The summed E-state index contributed by atoms with van der Waals surface area (Å²) in [5.74, 6) is 0. The van der Waals surface area contributed by atoms with Gasteiger partial charge in [0.15, 0.2) is 5.11 Å². The highest BCUT2D eigenvalue weighted by Gasteiger charge is 2.10. The van der Waals surface area contributed by atoms with E-state index in [-0.39, 0.29) is 6.04 Å². The van der Waals surface area contributed by atoms with Gasteiger partial charge >= 0.3 is 0 Å². The third kappa shape index (κ3) is 4.45. The maximum Gasteiger partial charge on any atom is 0.171 e. The van der Waals surface area contributed by atoms with E-state index in [1.165, 1.54) is 16.7 Å². The molecule has 0 fully saturated rings. The molecule has 0 saturated carbocycles. The lowest BCUT2D eigenvalue weighted by Crippen LogP contribution is -2.31. The predicted octanol–water partition coefficient (Wildman–Crippen LogP) is 5.77. The molecule has 1 atom stereocenters. The third-order valence-electron chi connectivity index (χ3n) is 3.42. The van der Waals surface area contributed by atoms with Crippen LogP contribution in [0.25, 0.3) is 0 Å². The molecule has 0 spiro atoms. The summed E-state index contributed by atoms with van der Waals surface area (Å²) >= 11 is 14.8. The molecule has 0 aliphatic rings. The molecule has 116 valence electrons. The summed E-state index contributed by atoms with van der Waals surface area (Å²) in [6.07, 6.45) is 0. The number of benzene rings is 2. The van der Waals surface area contributed by atoms with Gasteiger partial charge in [-0.15, -0.1) is 0 Å². The molecule has 2 aromatic rings. The molecule has 2 N–H and O–H groups in total. The second-order valence-corrected chi connectivity index (χ2v) is 6.98. The Hall–Kier alpha value is -1.10. The van der Waals surface area contributed by atoms with E-state index in [4.69, 9.17) is 23.8 Å². The first kappa shape index (κ1) is 17.3. The van der Waals surface area contributed by atoms with Gasteiger partial charge < -0.3 is 10.6 Å². The van der Waals surface area contributed by atoms with Crippen LogP contribution in [0.5, 0.6) is 0 Å². The van der Waals surface area contributed by atoms with Crippen molar-refractivity contribution in [2.45, 2.75) is 26.8 Å². The average molecular weight is 398 g/mol. The molecule has 0 amide bonds. The van der Waals surface area contributed by atoms with Gasteiger partial charge in [0, 0.05) is 10.2 Å². The molecule has 0 heterocycles. The molecule has 2 aromatic carbocycles. The van der Waals surface area contributed by atoms with Gasteiger partial charge in [0.25, 0.3) is 0 Å². The number of halogens is 2. The number of aryl methyl sites for hydroxylation is 2. The van der Waals surface area contributed by atoms with Crippen LogP contribution in [0, 0.1) is 13.8 Å². The van der Waals surface area contributed by atoms with Crippen molar-refractivity contribution >= 4 is 50.5 Å². The molecule has 0 aliphatic carbocycles. The molecule has 0 saturated heterocycles. The zero-order valence-electron chi connectivity index (χ0n) is 12.7. The highest BCUT2D eigenvalue weighted by Crippen LogP contribution is 2.25. The van der Waals surface area contributed by atoms with Crippen LogP contribution in [0.4, 0.5) is 5.69 Å². The number of rotatable bonds is 3. The first-order valence-electron chi connectivity index (χ1n) is 6.96. The molecule has 22 heavy (non-hydrogen) atoms. The zero-order valence-corrected chi connectivity index (χ0v) is 15.9. The number of nitrogens with one attached hydrogen (secondary N) is 2. The highest BCUT2D eigenvalue weighted by atomic mass is 79.9. The van der Waals surface area contributed by atoms with E-state index in [2.05, 4.69) is 65.5 Å². The Morgan fingerprint density at radius 3 is 2.55 bits per heavy atom. The summed E-state index contributed by atoms with van der Waals surface area (Å²) in [6, 6.07) is 12.2. The maximum absolute atomic E-state index is 6.08. The third-order valence-corrected chi connectivity index (χ3v) is 4.87. The van der Waals surface area contributed by atoms with E-state index >= 15 is 0 Å². The molecule has 0 bridgehead atoms. The van der Waals surface area contributed by atoms with E-state index in [0.717, 1.165) is 10.2 Å². The van der Waals surface area contributed by atoms with Crippen molar-refractivity contribution in [3.8, 4) is 0 Å². The molecule has 0 aliphatic heterocycles. The largest absolute Gasteiger partial charge is 0.356 e. The van der Waals surface area contributed by atoms with E-state index in [1.54, 1.807) is 0 Å². The summed E-state index contributed by atoms with van der Waals surface area (Å²) in [7, 11) is 0. The fourth-order valence-electron chi connectivity index (χ4n) is 2.33. The summed E-state index contributed by atoms with van der Waals surface area (Å²) in [4.78, 5) is 0. The first-order chi connectivity index (χ1) is 10.4. The second kappa shape index (κ2) is 7.44. The van der Waals surface area contributed by atoms with Gasteiger partial charge in [-0.1, -0.05) is 35.4 Å². The van der Waals surface area contributed by atoms with Crippen molar-refractivity contribution < 1.29 is 0 Å². The van der Waals surface area contributed by atoms with Crippen LogP contribution in [0.1, 0.15) is 29.7 Å². The molecular weight excluding hydrogens is 380 g/mol. The molecule has 0 aromatic heterocycles. The summed E-state index contributed by atoms with van der Waals surface area (Å²) in [5, 5.41) is 7.68. The van der Waals surface area contributed by atoms with Gasteiger partial charge in [-0.2, -0.15) is 0 Å². The van der Waals surface area contributed by atoms with E-state index in [0.29, 0.717) is 10.1 Å². The van der Waals surface area contributed by atoms with Gasteiger partial charge in [0.2, 0.25) is 0 Å². The van der Waals surface area contributed by atoms with Gasteiger partial charge in [-0.05, 0) is 78.2 Å². The fraction of sp³-hybridized carbons (Fsp3) is 0.235. The molecule has 2 nitrogen and oxygen atoms in total. The number of anilines is 1. The summed E-state index contributed by atoms with van der Waals surface area (Å²) < 4.78 is 0.863. The van der Waals surface area contributed by atoms with E-state index in [9.17, 15) is 0 Å². The minimum Gasteiger partial charge on any atom is -0.356 e. The van der Waals surface area contributed by atoms with Gasteiger partial charge in [0.05, 0.1) is 11.1 Å². The Bertz CT molecular complexity index is 703. The fourth-order valence-corrected chi connectivity index (χ4v) is 3.05. The zero-order chi connectivity index (χ0) is 16.3. The molecule has 2 rings (SSSR count). The van der Waals surface area contributed by atoms with Crippen LogP contribution < -0.4 is 10.6 Å². The van der Waals surface area contributed by atoms with Gasteiger partial charge in [0.1, 0.15) is 0 Å². The Kier molecular flexibility index (Phi) is 5.84. The quantitative estimate of drug-likeness (QED) is 0.643. The summed E-state index contributed by atoms with van der Waals surface area (Å²) in [6.45, 7) is 6.31. The number of hydrogen-bond acceptors (Lipinski definition) is 1. The monoisotopic (exact) mass is 396 g/mol. The van der Waals surface area contributed by atoms with E-state index < -0.39 is 0 Å². The lowest BCUT2D eigenvalue weighted by Gasteiger charge is -2.19. The number of hydrogen-bond donors (Lipinski definition) is 2. The minimum atomic E-state index is 0.131. The first-order valence-corrected chi connectivity index (χ1v) is 8.54. The Balaban J connectivity index is 2.03. The lowest BCUT2D eigenvalue weighted by atomic mass is 10.0.